The summed E-state index contributed by atoms with van der Waals surface area (Å²) < 4.78 is 10.6. The molecule has 0 spiro atoms. The molecule has 0 aromatic heterocycles. The largest absolute Gasteiger partial charge is 0.495 e. The first-order chi connectivity index (χ1) is 10.1. The van der Waals surface area contributed by atoms with Crippen molar-refractivity contribution in [3.63, 3.8) is 0 Å². The molecule has 0 aliphatic carbocycles. The molecule has 2 nitrogen and oxygen atoms in total. The van der Waals surface area contributed by atoms with Crippen molar-refractivity contribution in [1.29, 1.82) is 0 Å². The highest BCUT2D eigenvalue weighted by Gasteiger charge is 2.19. The van der Waals surface area contributed by atoms with Crippen LogP contribution in [-0.2, 0) is 6.42 Å². The Morgan fingerprint density at radius 1 is 0.952 bits per heavy atom. The Morgan fingerprint density at radius 3 is 2.19 bits per heavy atom. The second-order valence-electron chi connectivity index (χ2n) is 4.50. The molecule has 2 aromatic carbocycles. The van der Waals surface area contributed by atoms with Gasteiger partial charge in [0.05, 0.1) is 19.6 Å². The second kappa shape index (κ2) is 7.26. The zero-order chi connectivity index (χ0) is 15.4. The van der Waals surface area contributed by atoms with E-state index in [-0.39, 0.29) is 5.38 Å². The summed E-state index contributed by atoms with van der Waals surface area (Å²) in [4.78, 5) is 0. The monoisotopic (exact) mass is 344 g/mol. The van der Waals surface area contributed by atoms with Gasteiger partial charge < -0.3 is 9.47 Å². The summed E-state index contributed by atoms with van der Waals surface area (Å²) >= 11 is 18.7. The highest BCUT2D eigenvalue weighted by molar-refractivity contribution is 6.34. The van der Waals surface area contributed by atoms with Gasteiger partial charge in [0.2, 0.25) is 0 Å². The normalized spacial score (nSPS) is 12.0. The lowest BCUT2D eigenvalue weighted by molar-refractivity contribution is 0.391. The number of methoxy groups -OCH3 is 2. The molecule has 0 heterocycles. The van der Waals surface area contributed by atoms with Gasteiger partial charge >= 0.3 is 0 Å². The van der Waals surface area contributed by atoms with E-state index in [0.717, 1.165) is 11.1 Å². The van der Waals surface area contributed by atoms with E-state index in [2.05, 4.69) is 0 Å². The highest BCUT2D eigenvalue weighted by Crippen LogP contribution is 2.42. The van der Waals surface area contributed by atoms with Gasteiger partial charge in [-0.3, -0.25) is 0 Å². The molecule has 0 aliphatic heterocycles. The van der Waals surface area contributed by atoms with Crippen molar-refractivity contribution in [2.24, 2.45) is 0 Å². The van der Waals surface area contributed by atoms with Gasteiger partial charge in [-0.1, -0.05) is 41.4 Å². The van der Waals surface area contributed by atoms with Crippen LogP contribution in [0.1, 0.15) is 16.5 Å². The molecule has 2 aromatic rings. The number of rotatable bonds is 5. The lowest BCUT2D eigenvalue weighted by Gasteiger charge is -2.17. The van der Waals surface area contributed by atoms with E-state index < -0.39 is 0 Å². The van der Waals surface area contributed by atoms with E-state index in [9.17, 15) is 0 Å². The van der Waals surface area contributed by atoms with Crippen LogP contribution in [0.2, 0.25) is 10.0 Å². The molecule has 2 rings (SSSR count). The van der Waals surface area contributed by atoms with E-state index in [1.54, 1.807) is 20.3 Å². The second-order valence-corrected chi connectivity index (χ2v) is 5.84. The summed E-state index contributed by atoms with van der Waals surface area (Å²) in [7, 11) is 3.13. The molecular formula is C16H15Cl3O2. The predicted octanol–water partition coefficient (Wildman–Crippen LogP) is 5.53. The molecule has 0 bridgehead atoms. The Labute approximate surface area is 139 Å². The molecule has 5 heteroatoms. The Kier molecular flexibility index (Phi) is 5.63. The van der Waals surface area contributed by atoms with Gasteiger partial charge in [-0.2, -0.15) is 0 Å². The number of ether oxygens (including phenoxy) is 2. The predicted molar refractivity (Wildman–Crippen MR) is 88.3 cm³/mol. The Balaban J connectivity index is 2.28. The molecule has 1 unspecified atom stereocenters. The van der Waals surface area contributed by atoms with Gasteiger partial charge in [0, 0.05) is 10.6 Å². The van der Waals surface area contributed by atoms with Crippen LogP contribution < -0.4 is 9.47 Å². The van der Waals surface area contributed by atoms with Gasteiger partial charge in [0.15, 0.2) is 0 Å². The van der Waals surface area contributed by atoms with Crippen LogP contribution in [0, 0.1) is 0 Å². The highest BCUT2D eigenvalue weighted by atomic mass is 35.5. The maximum absolute atomic E-state index is 6.52. The first kappa shape index (κ1) is 16.3. The number of alkyl halides is 1. The number of halogens is 3. The van der Waals surface area contributed by atoms with E-state index in [0.29, 0.717) is 28.0 Å². The number of hydrogen-bond donors (Lipinski definition) is 0. The third-order valence-electron chi connectivity index (χ3n) is 3.18. The number of hydrogen-bond acceptors (Lipinski definition) is 2. The standard InChI is InChI=1S/C16H15Cl3O2/c1-20-14-8-7-12(16(21-2)15(14)19)13(18)9-10-3-5-11(17)6-4-10/h3-8,13H,9H2,1-2H3. The van der Waals surface area contributed by atoms with Crippen molar-refractivity contribution in [1.82, 2.24) is 0 Å². The zero-order valence-electron chi connectivity index (χ0n) is 11.7. The fourth-order valence-electron chi connectivity index (χ4n) is 2.10. The smallest absolute Gasteiger partial charge is 0.145 e. The van der Waals surface area contributed by atoms with Crippen molar-refractivity contribution in [3.8, 4) is 11.5 Å². The summed E-state index contributed by atoms with van der Waals surface area (Å²) in [6.07, 6.45) is 0.651. The SMILES string of the molecule is COc1ccc(C(Cl)Cc2ccc(Cl)cc2)c(OC)c1Cl. The third-order valence-corrected chi connectivity index (χ3v) is 4.18. The van der Waals surface area contributed by atoms with Crippen LogP contribution in [0.25, 0.3) is 0 Å². The van der Waals surface area contributed by atoms with Crippen molar-refractivity contribution in [3.05, 3.63) is 57.6 Å². The third kappa shape index (κ3) is 3.76. The molecule has 0 fully saturated rings. The maximum Gasteiger partial charge on any atom is 0.145 e. The Morgan fingerprint density at radius 2 is 1.62 bits per heavy atom. The van der Waals surface area contributed by atoms with E-state index in [1.807, 2.05) is 30.3 Å². The fraction of sp³-hybridized carbons (Fsp3) is 0.250. The molecule has 0 radical (unpaired) electrons. The topological polar surface area (TPSA) is 18.5 Å². The minimum absolute atomic E-state index is 0.260. The number of benzene rings is 2. The van der Waals surface area contributed by atoms with Crippen LogP contribution in [0.4, 0.5) is 0 Å². The average molecular weight is 346 g/mol. The van der Waals surface area contributed by atoms with E-state index in [1.165, 1.54) is 0 Å². The Bertz CT molecular complexity index is 612. The van der Waals surface area contributed by atoms with E-state index in [4.69, 9.17) is 44.3 Å². The molecule has 21 heavy (non-hydrogen) atoms. The molecule has 0 aliphatic rings. The van der Waals surface area contributed by atoms with Gasteiger partial charge in [-0.05, 0) is 30.2 Å². The first-order valence-electron chi connectivity index (χ1n) is 6.35. The lowest BCUT2D eigenvalue weighted by atomic mass is 10.0. The quantitative estimate of drug-likeness (QED) is 0.663. The molecule has 0 saturated heterocycles. The first-order valence-corrected chi connectivity index (χ1v) is 7.55. The van der Waals surface area contributed by atoms with Gasteiger partial charge in [0.1, 0.15) is 16.5 Å². The molecule has 0 N–H and O–H groups in total. The van der Waals surface area contributed by atoms with Crippen LogP contribution in [0.15, 0.2) is 36.4 Å². The van der Waals surface area contributed by atoms with E-state index >= 15 is 0 Å². The van der Waals surface area contributed by atoms with Crippen LogP contribution in [-0.4, -0.2) is 14.2 Å². The summed E-state index contributed by atoms with van der Waals surface area (Å²) in [5.41, 5.74) is 1.92. The van der Waals surface area contributed by atoms with Gasteiger partial charge in [-0.15, -0.1) is 11.6 Å². The molecular weight excluding hydrogens is 331 g/mol. The zero-order valence-corrected chi connectivity index (χ0v) is 14.0. The maximum atomic E-state index is 6.52. The van der Waals surface area contributed by atoms with Crippen molar-refractivity contribution < 1.29 is 9.47 Å². The average Bonchev–Trinajstić information content (AvgIpc) is 2.49. The van der Waals surface area contributed by atoms with Crippen LogP contribution in [0.5, 0.6) is 11.5 Å². The summed E-state index contributed by atoms with van der Waals surface area (Å²) in [5, 5.41) is 0.874. The fourth-order valence-corrected chi connectivity index (χ4v) is 2.90. The van der Waals surface area contributed by atoms with Gasteiger partial charge in [-0.25, -0.2) is 0 Å². The van der Waals surface area contributed by atoms with Crippen LogP contribution in [0.3, 0.4) is 0 Å². The minimum atomic E-state index is -0.260. The molecule has 1 atom stereocenters. The minimum Gasteiger partial charge on any atom is -0.495 e. The van der Waals surface area contributed by atoms with Crippen molar-refractivity contribution >= 4 is 34.8 Å². The summed E-state index contributed by atoms with van der Waals surface area (Å²) in [5.74, 6) is 1.11. The van der Waals surface area contributed by atoms with Crippen LogP contribution >= 0.6 is 34.8 Å². The molecule has 112 valence electrons. The summed E-state index contributed by atoms with van der Waals surface area (Å²) in [6.45, 7) is 0. The van der Waals surface area contributed by atoms with Crippen molar-refractivity contribution in [2.75, 3.05) is 14.2 Å². The Hall–Kier alpha value is -1.09. The van der Waals surface area contributed by atoms with Crippen molar-refractivity contribution in [2.45, 2.75) is 11.8 Å². The molecule has 0 saturated carbocycles. The molecule has 0 amide bonds. The summed E-state index contributed by atoms with van der Waals surface area (Å²) in [6, 6.07) is 11.3. The van der Waals surface area contributed by atoms with Gasteiger partial charge in [0.25, 0.3) is 0 Å². The lowest BCUT2D eigenvalue weighted by Crippen LogP contribution is -2.01.